The Labute approximate surface area is 178 Å². The number of carbonyl (C=O) groups is 3. The molecule has 1 rings (SSSR count). The van der Waals surface area contributed by atoms with Gasteiger partial charge in [0.2, 0.25) is 0 Å². The molecule has 180 valence electrons. The molecule has 31 heavy (non-hydrogen) atoms. The number of hydrogen-bond donors (Lipinski definition) is 7. The van der Waals surface area contributed by atoms with E-state index in [-0.39, 0.29) is 19.6 Å². The van der Waals surface area contributed by atoms with E-state index in [4.69, 9.17) is 58.1 Å². The number of aliphatic hydroxyl groups excluding tert-OH is 1. The van der Waals surface area contributed by atoms with E-state index in [9.17, 15) is 19.5 Å². The summed E-state index contributed by atoms with van der Waals surface area (Å²) >= 11 is 0. The summed E-state index contributed by atoms with van der Waals surface area (Å²) < 4.78 is 26.6. The lowest BCUT2D eigenvalue weighted by Crippen LogP contribution is -2.64. The van der Waals surface area contributed by atoms with Gasteiger partial charge in [0.15, 0.2) is 24.6 Å². The molecular weight excluding hydrogens is 420 g/mol. The third-order valence-electron chi connectivity index (χ3n) is 4.43. The van der Waals surface area contributed by atoms with Gasteiger partial charge in [-0.15, -0.1) is 0 Å². The molecule has 0 radical (unpaired) electrons. The van der Waals surface area contributed by atoms with Crippen LogP contribution < -0.4 is 34.4 Å². The van der Waals surface area contributed by atoms with Gasteiger partial charge >= 0.3 is 17.9 Å². The van der Waals surface area contributed by atoms with Crippen LogP contribution in [0.3, 0.4) is 0 Å². The number of ether oxygens (including phenoxy) is 5. The molecule has 1 heterocycles. The molecule has 1 aliphatic heterocycles. The van der Waals surface area contributed by atoms with Crippen LogP contribution in [-0.4, -0.2) is 105 Å². The Kier molecular flexibility index (Phi) is 11.2. The highest BCUT2D eigenvalue weighted by Gasteiger charge is 2.53. The summed E-state index contributed by atoms with van der Waals surface area (Å²) in [5, 5.41) is 9.73. The average Bonchev–Trinajstić information content (AvgIpc) is 2.78. The zero-order valence-corrected chi connectivity index (χ0v) is 17.1. The second-order valence-corrected chi connectivity index (χ2v) is 6.69. The predicted octanol–water partition coefficient (Wildman–Crippen LogP) is -6.06. The van der Waals surface area contributed by atoms with Crippen molar-refractivity contribution in [1.29, 1.82) is 0 Å². The fourth-order valence-electron chi connectivity index (χ4n) is 2.57. The summed E-state index contributed by atoms with van der Waals surface area (Å²) in [6.45, 7) is -1.43. The Morgan fingerprint density at radius 2 is 1.19 bits per heavy atom. The molecule has 0 amide bonds. The largest absolute Gasteiger partial charge is 0.454 e. The van der Waals surface area contributed by atoms with Gasteiger partial charge < -0.3 is 63.2 Å². The van der Waals surface area contributed by atoms with Crippen molar-refractivity contribution >= 4 is 17.9 Å². The van der Waals surface area contributed by atoms with Gasteiger partial charge in [-0.1, -0.05) is 0 Å². The van der Waals surface area contributed by atoms with E-state index in [1.165, 1.54) is 7.11 Å². The molecule has 15 heteroatoms. The molecule has 1 saturated heterocycles. The highest BCUT2D eigenvalue weighted by Crippen LogP contribution is 2.29. The van der Waals surface area contributed by atoms with Crippen LogP contribution in [0.2, 0.25) is 0 Å². The lowest BCUT2D eigenvalue weighted by atomic mass is 9.98. The maximum absolute atomic E-state index is 12.3. The van der Waals surface area contributed by atoms with Crippen molar-refractivity contribution in [1.82, 2.24) is 0 Å². The van der Waals surface area contributed by atoms with Crippen LogP contribution in [0.1, 0.15) is 0 Å². The van der Waals surface area contributed by atoms with Crippen molar-refractivity contribution in [3.8, 4) is 0 Å². The maximum Gasteiger partial charge on any atom is 0.324 e. The highest BCUT2D eigenvalue weighted by molar-refractivity contribution is 5.78. The molecule has 0 aromatic carbocycles. The number of rotatable bonds is 11. The van der Waals surface area contributed by atoms with Crippen LogP contribution in [0.5, 0.6) is 0 Å². The molecule has 0 aromatic heterocycles. The van der Waals surface area contributed by atoms with Gasteiger partial charge in [-0.3, -0.25) is 14.4 Å². The van der Waals surface area contributed by atoms with E-state index in [1.807, 2.05) is 0 Å². The lowest BCUT2D eigenvalue weighted by Gasteiger charge is -2.44. The van der Waals surface area contributed by atoms with E-state index in [0.717, 1.165) is 0 Å². The number of methoxy groups -OCH3 is 1. The Morgan fingerprint density at radius 3 is 1.55 bits per heavy atom. The minimum Gasteiger partial charge on any atom is -0.454 e. The average molecular weight is 452 g/mol. The molecule has 1 fully saturated rings. The second kappa shape index (κ2) is 12.8. The van der Waals surface area contributed by atoms with Gasteiger partial charge in [-0.05, 0) is 0 Å². The summed E-state index contributed by atoms with van der Waals surface area (Å²) in [6, 6.07) is -3.65. The first-order chi connectivity index (χ1) is 14.6. The summed E-state index contributed by atoms with van der Waals surface area (Å²) in [5.74, 6) is -2.93. The molecule has 0 saturated carbocycles. The highest BCUT2D eigenvalue weighted by atomic mass is 16.7. The molecule has 1 aliphatic rings. The summed E-state index contributed by atoms with van der Waals surface area (Å²) in [4.78, 5) is 36.8. The molecule has 13 N–H and O–H groups in total. The normalized spacial score (nSPS) is 28.8. The van der Waals surface area contributed by atoms with Crippen LogP contribution in [0.4, 0.5) is 0 Å². The number of aliphatic hydroxyl groups is 1. The zero-order chi connectivity index (χ0) is 23.7. The van der Waals surface area contributed by atoms with Crippen LogP contribution in [0, 0.1) is 0 Å². The summed E-state index contributed by atoms with van der Waals surface area (Å²) in [7, 11) is 1.21. The van der Waals surface area contributed by atoms with Gasteiger partial charge in [0.25, 0.3) is 0 Å². The molecule has 0 aromatic rings. The summed E-state index contributed by atoms with van der Waals surface area (Å²) in [5.41, 5.74) is 32.9. The molecule has 15 nitrogen and oxygen atoms in total. The topological polar surface area (TPSA) is 274 Å². The number of hydrogen-bond acceptors (Lipinski definition) is 15. The smallest absolute Gasteiger partial charge is 0.324 e. The Hall–Kier alpha value is -1.95. The third kappa shape index (κ3) is 7.03. The molecular formula is C16H32N6O9. The Bertz CT molecular complexity index is 574. The Balaban J connectivity index is 3.33. The van der Waals surface area contributed by atoms with Gasteiger partial charge in [-0.25, -0.2) is 0 Å². The van der Waals surface area contributed by atoms with Gasteiger partial charge in [0.05, 0.1) is 6.61 Å². The van der Waals surface area contributed by atoms with E-state index in [1.54, 1.807) is 0 Å². The predicted molar refractivity (Wildman–Crippen MR) is 103 cm³/mol. The lowest BCUT2D eigenvalue weighted by molar-refractivity contribution is -0.303. The maximum atomic E-state index is 12.3. The van der Waals surface area contributed by atoms with Crippen LogP contribution >= 0.6 is 0 Å². The first-order valence-corrected chi connectivity index (χ1v) is 9.42. The van der Waals surface area contributed by atoms with Gasteiger partial charge in [0, 0.05) is 26.7 Å². The van der Waals surface area contributed by atoms with Crippen LogP contribution in [0.25, 0.3) is 0 Å². The standard InChI is InChI=1S/C16H32N6O9/c1-27-16-12(31-15(26)8(22)4-19)11(30-14(25)7(21)3-18)10(9(5-23)28-16)29-13(24)6(20)2-17/h6-12,16,23H,2-5,17-22H2,1H3/t6-,7-,8-,9+,10+,11-,12+,16-/m0/s1. The van der Waals surface area contributed by atoms with Crippen molar-refractivity contribution in [2.24, 2.45) is 34.4 Å². The van der Waals surface area contributed by atoms with Crippen molar-refractivity contribution in [3.05, 3.63) is 0 Å². The Morgan fingerprint density at radius 1 is 0.806 bits per heavy atom. The second-order valence-electron chi connectivity index (χ2n) is 6.69. The van der Waals surface area contributed by atoms with E-state index in [0.29, 0.717) is 0 Å². The molecule has 0 aliphatic carbocycles. The number of carbonyl (C=O) groups excluding carboxylic acids is 3. The van der Waals surface area contributed by atoms with Crippen LogP contribution in [-0.2, 0) is 38.1 Å². The van der Waals surface area contributed by atoms with Crippen LogP contribution in [0.15, 0.2) is 0 Å². The van der Waals surface area contributed by atoms with Gasteiger partial charge in [0.1, 0.15) is 24.2 Å². The fraction of sp³-hybridized carbons (Fsp3) is 0.812. The minimum atomic E-state index is -1.52. The quantitative estimate of drug-likeness (QED) is 0.113. The van der Waals surface area contributed by atoms with E-state index >= 15 is 0 Å². The minimum absolute atomic E-state index is 0.240. The van der Waals surface area contributed by atoms with E-state index in [2.05, 4.69) is 0 Å². The molecule has 0 bridgehead atoms. The number of nitrogens with two attached hydrogens (primary N) is 6. The van der Waals surface area contributed by atoms with Crippen molar-refractivity contribution < 1.29 is 43.2 Å². The number of esters is 3. The van der Waals surface area contributed by atoms with Crippen molar-refractivity contribution in [2.45, 2.75) is 48.8 Å². The monoisotopic (exact) mass is 452 g/mol. The molecule has 0 spiro atoms. The van der Waals surface area contributed by atoms with Crippen molar-refractivity contribution in [3.63, 3.8) is 0 Å². The zero-order valence-electron chi connectivity index (χ0n) is 17.1. The summed E-state index contributed by atoms with van der Waals surface area (Å²) in [6.07, 6.45) is -7.05. The first kappa shape index (κ1) is 27.1. The van der Waals surface area contributed by atoms with E-state index < -0.39 is 73.3 Å². The van der Waals surface area contributed by atoms with Gasteiger partial charge in [-0.2, -0.15) is 0 Å². The molecule has 0 unspecified atom stereocenters. The first-order valence-electron chi connectivity index (χ1n) is 9.42. The fourth-order valence-corrected chi connectivity index (χ4v) is 2.57. The molecule has 8 atom stereocenters. The SMILES string of the molecule is CO[C@H]1O[C@H](CO)[C@@H](OC(=O)[C@@H](N)CN)[C@H](OC(=O)[C@@H](N)CN)[C@H]1OC(=O)[C@@H](N)CN. The third-order valence-corrected chi connectivity index (χ3v) is 4.43. The van der Waals surface area contributed by atoms with Crippen molar-refractivity contribution in [2.75, 3.05) is 33.4 Å².